The fraction of sp³-hybridized carbons (Fsp3) is 0.364. The average Bonchev–Trinajstić information content (AvgIpc) is 3.63. The summed E-state index contributed by atoms with van der Waals surface area (Å²) >= 11 is 6.56. The molecule has 2 atom stereocenters. The van der Waals surface area contributed by atoms with E-state index in [1.807, 2.05) is 18.2 Å². The van der Waals surface area contributed by atoms with Crippen molar-refractivity contribution in [2.45, 2.75) is 35.9 Å². The van der Waals surface area contributed by atoms with Crippen molar-refractivity contribution in [3.63, 3.8) is 0 Å². The van der Waals surface area contributed by atoms with E-state index < -0.39 is 33.5 Å². The number of nitrogens with zero attached hydrogens (tertiary/aromatic N) is 5. The number of ether oxygens (including phenoxy) is 1. The molecule has 13 heteroatoms. The molecule has 0 bridgehead atoms. The van der Waals surface area contributed by atoms with Crippen molar-refractivity contribution >= 4 is 39.2 Å². The quantitative estimate of drug-likeness (QED) is 0.382. The maximum atomic E-state index is 15.2. The summed E-state index contributed by atoms with van der Waals surface area (Å²) in [5.41, 5.74) is -0.0947. The third kappa shape index (κ3) is 5.22. The van der Waals surface area contributed by atoms with Gasteiger partial charge in [-0.2, -0.15) is 5.26 Å². The van der Waals surface area contributed by atoms with Gasteiger partial charge in [0.25, 0.3) is 15.9 Å². The molecule has 6 rings (SSSR count). The Bertz CT molecular complexity index is 1840. The van der Waals surface area contributed by atoms with Gasteiger partial charge >= 0.3 is 5.97 Å². The third-order valence-corrected chi connectivity index (χ3v) is 11.2. The number of rotatable bonds is 8. The Hall–Kier alpha value is -3.99. The van der Waals surface area contributed by atoms with Crippen LogP contribution < -0.4 is 9.04 Å². The minimum atomic E-state index is -4.54. The number of sulfonamides is 1. The van der Waals surface area contributed by atoms with Crippen molar-refractivity contribution in [2.24, 2.45) is 0 Å². The van der Waals surface area contributed by atoms with Crippen molar-refractivity contribution in [3.8, 4) is 11.8 Å². The molecule has 0 aromatic heterocycles. The number of piperazine rings is 1. The number of halogens is 1. The second-order valence-electron chi connectivity index (χ2n) is 11.9. The number of nitriles is 1. The van der Waals surface area contributed by atoms with Gasteiger partial charge in [-0.1, -0.05) is 17.7 Å². The number of hydrogen-bond donors (Lipinski definition) is 1. The summed E-state index contributed by atoms with van der Waals surface area (Å²) in [5, 5.41) is 19.9. The molecule has 0 aliphatic carbocycles. The van der Waals surface area contributed by atoms with Gasteiger partial charge in [0.15, 0.2) is 5.54 Å². The van der Waals surface area contributed by atoms with Gasteiger partial charge in [-0.25, -0.2) is 12.7 Å². The molecule has 0 saturated carbocycles. The Kier molecular flexibility index (Phi) is 8.56. The number of benzene rings is 3. The highest BCUT2D eigenvalue weighted by Crippen LogP contribution is 2.55. The number of carboxylic acid groups (broad SMARTS) is 1. The van der Waals surface area contributed by atoms with Crippen LogP contribution in [0, 0.1) is 11.3 Å². The van der Waals surface area contributed by atoms with Crippen LogP contribution in [-0.2, 0) is 31.7 Å². The zero-order valence-corrected chi connectivity index (χ0v) is 27.1. The van der Waals surface area contributed by atoms with Crippen LogP contribution in [0.15, 0.2) is 65.6 Å². The van der Waals surface area contributed by atoms with Crippen molar-refractivity contribution in [3.05, 3.63) is 87.9 Å². The summed E-state index contributed by atoms with van der Waals surface area (Å²) in [7, 11) is -0.996. The highest BCUT2D eigenvalue weighted by molar-refractivity contribution is 7.93. The van der Waals surface area contributed by atoms with E-state index in [1.54, 1.807) is 17.0 Å². The number of carbonyl (C=O) groups is 2. The Labute approximate surface area is 273 Å². The Morgan fingerprint density at radius 1 is 1.04 bits per heavy atom. The number of hydrogen-bond acceptors (Lipinski definition) is 9. The van der Waals surface area contributed by atoms with Gasteiger partial charge in [0.05, 0.1) is 29.3 Å². The smallest absolute Gasteiger partial charge is 0.320 e. The van der Waals surface area contributed by atoms with E-state index in [1.165, 1.54) is 43.5 Å². The van der Waals surface area contributed by atoms with Crippen LogP contribution in [0.5, 0.6) is 5.75 Å². The zero-order chi connectivity index (χ0) is 32.8. The normalized spacial score (nSPS) is 22.5. The fourth-order valence-corrected chi connectivity index (χ4v) is 8.54. The largest absolute Gasteiger partial charge is 0.496 e. The number of methoxy groups -OCH3 is 1. The van der Waals surface area contributed by atoms with E-state index in [4.69, 9.17) is 16.3 Å². The van der Waals surface area contributed by atoms with Gasteiger partial charge in [-0.3, -0.25) is 19.4 Å². The minimum absolute atomic E-state index is 0.0707. The predicted octanol–water partition coefficient (Wildman–Crippen LogP) is 3.50. The lowest BCUT2D eigenvalue weighted by Crippen LogP contribution is -2.58. The number of likely N-dealkylation sites (tertiary alicyclic amines) is 1. The number of anilines is 1. The number of likely N-dealkylation sites (N-methyl/N-ethyl adjacent to an activating group) is 1. The van der Waals surface area contributed by atoms with Crippen molar-refractivity contribution in [1.82, 2.24) is 14.7 Å². The SMILES string of the molecule is COc1ccc(CN2CCN(C)CC2)cc1[C@]1(N2CCCC2C(=O)O)C(=O)N(S(=O)(=O)c2ccc(C#N)cc2)c2ccc(Cl)cc21. The van der Waals surface area contributed by atoms with E-state index in [9.17, 15) is 23.6 Å². The Morgan fingerprint density at radius 3 is 2.41 bits per heavy atom. The highest BCUT2D eigenvalue weighted by atomic mass is 35.5. The molecule has 46 heavy (non-hydrogen) atoms. The van der Waals surface area contributed by atoms with Crippen LogP contribution in [0.3, 0.4) is 0 Å². The van der Waals surface area contributed by atoms with E-state index in [0.29, 0.717) is 24.3 Å². The van der Waals surface area contributed by atoms with E-state index >= 15 is 4.79 Å². The number of carbonyl (C=O) groups excluding carboxylic acids is 1. The van der Waals surface area contributed by atoms with Crippen LogP contribution in [0.2, 0.25) is 5.02 Å². The maximum Gasteiger partial charge on any atom is 0.320 e. The first-order chi connectivity index (χ1) is 22.0. The molecule has 1 N–H and O–H groups in total. The summed E-state index contributed by atoms with van der Waals surface area (Å²) < 4.78 is 35.3. The Balaban J connectivity index is 1.60. The number of fused-ring (bicyclic) bond motifs is 1. The lowest BCUT2D eigenvalue weighted by atomic mass is 9.80. The summed E-state index contributed by atoms with van der Waals surface area (Å²) in [6.45, 7) is 4.31. The van der Waals surface area contributed by atoms with Gasteiger partial charge in [-0.15, -0.1) is 0 Å². The zero-order valence-electron chi connectivity index (χ0n) is 25.5. The van der Waals surface area contributed by atoms with Crippen molar-refractivity contribution in [2.75, 3.05) is 51.2 Å². The van der Waals surface area contributed by atoms with Crippen LogP contribution in [-0.4, -0.2) is 93.0 Å². The standard InChI is InChI=1S/C33H34ClN5O6S/c1-36-14-16-37(17-15-36)21-23-7-12-30(45-2)27(18-23)33(38-13-3-4-29(38)31(40)41)26-19-24(34)8-11-28(26)39(32(33)42)46(43,44)25-9-5-22(20-35)6-10-25/h5-12,18-19,29H,3-4,13-17,21H2,1-2H3,(H,40,41)/t29?,33-/m0/s1. The van der Waals surface area contributed by atoms with Gasteiger partial charge in [-0.05, 0) is 80.1 Å². The first-order valence-electron chi connectivity index (χ1n) is 15.0. The molecule has 240 valence electrons. The molecule has 0 spiro atoms. The van der Waals surface area contributed by atoms with Gasteiger partial charge < -0.3 is 14.7 Å². The van der Waals surface area contributed by atoms with Gasteiger partial charge in [0, 0.05) is 55.4 Å². The molecular weight excluding hydrogens is 630 g/mol. The molecule has 1 unspecified atom stereocenters. The second kappa shape index (κ2) is 12.3. The van der Waals surface area contributed by atoms with Gasteiger partial charge in [0.2, 0.25) is 0 Å². The second-order valence-corrected chi connectivity index (χ2v) is 14.1. The molecular formula is C33H34ClN5O6S. The molecule has 3 aliphatic heterocycles. The third-order valence-electron chi connectivity index (χ3n) is 9.21. The summed E-state index contributed by atoms with van der Waals surface area (Å²) in [4.78, 5) is 33.9. The first kappa shape index (κ1) is 32.0. The molecule has 3 aromatic carbocycles. The molecule has 2 fully saturated rings. The van der Waals surface area contributed by atoms with Crippen LogP contribution in [0.25, 0.3) is 0 Å². The summed E-state index contributed by atoms with van der Waals surface area (Å²) in [6.07, 6.45) is 0.750. The molecule has 3 aromatic rings. The number of carboxylic acids is 1. The topological polar surface area (TPSA) is 134 Å². The van der Waals surface area contributed by atoms with E-state index in [2.05, 4.69) is 16.8 Å². The maximum absolute atomic E-state index is 15.2. The van der Waals surface area contributed by atoms with Crippen molar-refractivity contribution in [1.29, 1.82) is 5.26 Å². The van der Waals surface area contributed by atoms with Crippen LogP contribution in [0.4, 0.5) is 5.69 Å². The first-order valence-corrected chi connectivity index (χ1v) is 16.8. The number of amides is 1. The Morgan fingerprint density at radius 2 is 1.76 bits per heavy atom. The molecule has 0 radical (unpaired) electrons. The fourth-order valence-electron chi connectivity index (χ4n) is 6.91. The molecule has 1 amide bonds. The molecule has 2 saturated heterocycles. The van der Waals surface area contributed by atoms with Gasteiger partial charge in [0.1, 0.15) is 11.8 Å². The predicted molar refractivity (Wildman–Crippen MR) is 171 cm³/mol. The lowest BCUT2D eigenvalue weighted by molar-refractivity contribution is -0.145. The van der Waals surface area contributed by atoms with Crippen LogP contribution in [0.1, 0.15) is 35.1 Å². The van der Waals surface area contributed by atoms with Crippen molar-refractivity contribution < 1.29 is 27.9 Å². The summed E-state index contributed by atoms with van der Waals surface area (Å²) in [6, 6.07) is 16.2. The highest BCUT2D eigenvalue weighted by Gasteiger charge is 2.63. The average molecular weight is 664 g/mol. The van der Waals surface area contributed by atoms with Crippen LogP contribution >= 0.6 is 11.6 Å². The monoisotopic (exact) mass is 663 g/mol. The molecule has 11 nitrogen and oxygen atoms in total. The number of aliphatic carboxylic acids is 1. The minimum Gasteiger partial charge on any atom is -0.496 e. The molecule has 3 heterocycles. The molecule has 3 aliphatic rings. The van der Waals surface area contributed by atoms with E-state index in [0.717, 1.165) is 36.0 Å². The van der Waals surface area contributed by atoms with E-state index in [-0.39, 0.29) is 39.7 Å². The summed E-state index contributed by atoms with van der Waals surface area (Å²) in [5.74, 6) is -1.65. The lowest BCUT2D eigenvalue weighted by Gasteiger charge is -2.41.